The molecule has 0 saturated heterocycles. The Hall–Kier alpha value is -4.64. The molecule has 0 unspecified atom stereocenters. The van der Waals surface area contributed by atoms with E-state index in [1.807, 2.05) is 41.0 Å². The number of nitrogens with zero attached hydrogens (tertiary/aromatic N) is 4. The van der Waals surface area contributed by atoms with Gasteiger partial charge in [-0.2, -0.15) is 5.10 Å². The molecule has 10 nitrogen and oxygen atoms in total. The van der Waals surface area contributed by atoms with Gasteiger partial charge in [0.2, 0.25) is 0 Å². The van der Waals surface area contributed by atoms with Gasteiger partial charge in [0, 0.05) is 16.8 Å². The topological polar surface area (TPSA) is 128 Å². The van der Waals surface area contributed by atoms with Gasteiger partial charge in [-0.1, -0.05) is 68.9 Å². The Balaban J connectivity index is 1.51. The molecule has 0 atom stereocenters. The van der Waals surface area contributed by atoms with Crippen LogP contribution in [0.15, 0.2) is 83.1 Å². The molecule has 0 aliphatic rings. The maximum Gasteiger partial charge on any atom is 0.341 e. The van der Waals surface area contributed by atoms with Gasteiger partial charge in [-0.05, 0) is 47.4 Å². The molecule has 1 heterocycles. The highest BCUT2D eigenvalue weighted by Gasteiger charge is 2.19. The van der Waals surface area contributed by atoms with Crippen LogP contribution in [-0.2, 0) is 15.0 Å². The number of methoxy groups -OCH3 is 1. The number of rotatable bonds is 11. The van der Waals surface area contributed by atoms with Crippen molar-refractivity contribution in [1.82, 2.24) is 20.2 Å². The predicted octanol–water partition coefficient (Wildman–Crippen LogP) is 4.95. The van der Waals surface area contributed by atoms with Crippen LogP contribution in [0.25, 0.3) is 17.1 Å². The standard InChI is InChI=1S/C30H31N5O5S/c1-30(2,3)22-11-9-20(10-12-22)28-33-34-29(35(28)23-13-15-24(39-4)16-14-23)41-19-26(36)32-31-17-21-7-5-6-8-25(21)40-18-27(37)38/h5-17H,18-19H2,1-4H3,(H,32,36)(H,37,38). The van der Waals surface area contributed by atoms with Gasteiger partial charge in [-0.25, -0.2) is 10.2 Å². The molecule has 1 amide bonds. The molecule has 0 bridgehead atoms. The lowest BCUT2D eigenvalue weighted by molar-refractivity contribution is -0.139. The number of aliphatic carboxylic acids is 1. The Morgan fingerprint density at radius 2 is 1.73 bits per heavy atom. The normalized spacial score (nSPS) is 11.4. The summed E-state index contributed by atoms with van der Waals surface area (Å²) in [6, 6.07) is 22.6. The molecule has 0 fully saturated rings. The van der Waals surface area contributed by atoms with Gasteiger partial charge < -0.3 is 14.6 Å². The van der Waals surface area contributed by atoms with Crippen LogP contribution >= 0.6 is 11.8 Å². The van der Waals surface area contributed by atoms with Crippen molar-refractivity contribution < 1.29 is 24.2 Å². The van der Waals surface area contributed by atoms with Crippen LogP contribution in [0.4, 0.5) is 0 Å². The molecule has 1 aromatic heterocycles. The van der Waals surface area contributed by atoms with Gasteiger partial charge in [-0.3, -0.25) is 9.36 Å². The smallest absolute Gasteiger partial charge is 0.341 e. The minimum absolute atomic E-state index is 0.0205. The maximum atomic E-state index is 12.6. The quantitative estimate of drug-likeness (QED) is 0.147. The van der Waals surface area contributed by atoms with E-state index in [4.69, 9.17) is 14.6 Å². The van der Waals surface area contributed by atoms with Gasteiger partial charge in [0.05, 0.1) is 19.1 Å². The zero-order chi connectivity index (χ0) is 29.4. The summed E-state index contributed by atoms with van der Waals surface area (Å²) in [5.41, 5.74) is 5.97. The number of carbonyl (C=O) groups excluding carboxylic acids is 1. The van der Waals surface area contributed by atoms with Crippen LogP contribution < -0.4 is 14.9 Å². The van der Waals surface area contributed by atoms with Crippen molar-refractivity contribution in [2.75, 3.05) is 19.5 Å². The number of aromatic nitrogens is 3. The van der Waals surface area contributed by atoms with Crippen LogP contribution in [0.3, 0.4) is 0 Å². The summed E-state index contributed by atoms with van der Waals surface area (Å²) in [5.74, 6) is 0.308. The molecule has 4 aromatic rings. The van der Waals surface area contributed by atoms with E-state index in [2.05, 4.69) is 53.6 Å². The number of ether oxygens (including phenoxy) is 2. The van der Waals surface area contributed by atoms with Crippen molar-refractivity contribution in [3.63, 3.8) is 0 Å². The molecule has 11 heteroatoms. The van der Waals surface area contributed by atoms with Gasteiger partial charge in [-0.15, -0.1) is 10.2 Å². The summed E-state index contributed by atoms with van der Waals surface area (Å²) >= 11 is 1.23. The summed E-state index contributed by atoms with van der Waals surface area (Å²) in [7, 11) is 1.61. The lowest BCUT2D eigenvalue weighted by Crippen LogP contribution is -2.20. The van der Waals surface area contributed by atoms with Crippen LogP contribution in [-0.4, -0.2) is 57.4 Å². The Kier molecular flexibility index (Phi) is 9.41. The molecule has 0 spiro atoms. The number of hydrogen-bond donors (Lipinski definition) is 2. The number of nitrogens with one attached hydrogen (secondary N) is 1. The first-order valence-corrected chi connectivity index (χ1v) is 13.7. The van der Waals surface area contributed by atoms with Crippen LogP contribution in [0.5, 0.6) is 11.5 Å². The Morgan fingerprint density at radius 1 is 1.02 bits per heavy atom. The van der Waals surface area contributed by atoms with Gasteiger partial charge in [0.1, 0.15) is 11.5 Å². The number of benzene rings is 3. The first-order chi connectivity index (χ1) is 19.7. The number of carbonyl (C=O) groups is 2. The van der Waals surface area contributed by atoms with Crippen LogP contribution in [0, 0.1) is 0 Å². The highest BCUT2D eigenvalue weighted by Crippen LogP contribution is 2.30. The number of hydrazone groups is 1. The third-order valence-corrected chi connectivity index (χ3v) is 6.90. The van der Waals surface area contributed by atoms with E-state index >= 15 is 0 Å². The van der Waals surface area contributed by atoms with Gasteiger partial charge in [0.25, 0.3) is 5.91 Å². The Morgan fingerprint density at radius 3 is 2.39 bits per heavy atom. The molecule has 0 aliphatic heterocycles. The number of hydrogen-bond acceptors (Lipinski definition) is 8. The number of para-hydroxylation sites is 1. The third kappa shape index (κ3) is 7.73. The molecule has 3 aromatic carbocycles. The average molecular weight is 574 g/mol. The highest BCUT2D eigenvalue weighted by atomic mass is 32.2. The summed E-state index contributed by atoms with van der Waals surface area (Å²) in [6.45, 7) is 6.01. The first kappa shape index (κ1) is 29.3. The van der Waals surface area contributed by atoms with E-state index < -0.39 is 12.6 Å². The molecule has 0 radical (unpaired) electrons. The highest BCUT2D eigenvalue weighted by molar-refractivity contribution is 7.99. The third-order valence-electron chi connectivity index (χ3n) is 5.97. The molecular formula is C30H31N5O5S. The van der Waals surface area contributed by atoms with E-state index in [9.17, 15) is 9.59 Å². The van der Waals surface area contributed by atoms with Crippen molar-refractivity contribution in [3.05, 3.63) is 83.9 Å². The molecule has 41 heavy (non-hydrogen) atoms. The van der Waals surface area contributed by atoms with E-state index in [0.717, 1.165) is 17.0 Å². The fourth-order valence-electron chi connectivity index (χ4n) is 3.83. The summed E-state index contributed by atoms with van der Waals surface area (Å²) in [5, 5.41) is 22.2. The van der Waals surface area contributed by atoms with E-state index in [0.29, 0.717) is 22.3 Å². The summed E-state index contributed by atoms with van der Waals surface area (Å²) in [4.78, 5) is 23.4. The Bertz CT molecular complexity index is 1530. The largest absolute Gasteiger partial charge is 0.497 e. The zero-order valence-electron chi connectivity index (χ0n) is 23.2. The molecule has 2 N–H and O–H groups in total. The molecule has 0 aliphatic carbocycles. The van der Waals surface area contributed by atoms with E-state index in [-0.39, 0.29) is 17.1 Å². The van der Waals surface area contributed by atoms with Crippen LogP contribution in [0.2, 0.25) is 0 Å². The lowest BCUT2D eigenvalue weighted by atomic mass is 9.87. The molecule has 0 saturated carbocycles. The van der Waals surface area contributed by atoms with E-state index in [1.165, 1.54) is 23.5 Å². The second-order valence-corrected chi connectivity index (χ2v) is 10.9. The molecular weight excluding hydrogens is 542 g/mol. The second-order valence-electron chi connectivity index (χ2n) is 9.97. The number of thioether (sulfide) groups is 1. The number of carboxylic acid groups (broad SMARTS) is 1. The van der Waals surface area contributed by atoms with Gasteiger partial charge in [0.15, 0.2) is 17.6 Å². The predicted molar refractivity (Wildman–Crippen MR) is 158 cm³/mol. The summed E-state index contributed by atoms with van der Waals surface area (Å²) in [6.07, 6.45) is 1.40. The number of carboxylic acids is 1. The fourth-order valence-corrected chi connectivity index (χ4v) is 4.57. The summed E-state index contributed by atoms with van der Waals surface area (Å²) < 4.78 is 12.5. The van der Waals surface area contributed by atoms with Crippen molar-refractivity contribution >= 4 is 29.9 Å². The van der Waals surface area contributed by atoms with Crippen molar-refractivity contribution in [1.29, 1.82) is 0 Å². The molecule has 4 rings (SSSR count). The number of amides is 1. The van der Waals surface area contributed by atoms with Crippen molar-refractivity contribution in [2.24, 2.45) is 5.10 Å². The minimum atomic E-state index is -1.09. The SMILES string of the molecule is COc1ccc(-n2c(SCC(=O)NN=Cc3ccccc3OCC(=O)O)nnc2-c2ccc(C(C)(C)C)cc2)cc1. The fraction of sp³-hybridized carbons (Fsp3) is 0.233. The van der Waals surface area contributed by atoms with E-state index in [1.54, 1.807) is 31.4 Å². The zero-order valence-corrected chi connectivity index (χ0v) is 24.0. The minimum Gasteiger partial charge on any atom is -0.497 e. The lowest BCUT2D eigenvalue weighted by Gasteiger charge is -2.19. The van der Waals surface area contributed by atoms with Crippen molar-refractivity contribution in [3.8, 4) is 28.6 Å². The first-order valence-electron chi connectivity index (χ1n) is 12.7. The Labute approximate surface area is 242 Å². The maximum absolute atomic E-state index is 12.6. The van der Waals surface area contributed by atoms with Crippen molar-refractivity contribution in [2.45, 2.75) is 31.3 Å². The van der Waals surface area contributed by atoms with Crippen LogP contribution in [0.1, 0.15) is 31.9 Å². The molecule has 212 valence electrons. The second kappa shape index (κ2) is 13.1. The van der Waals surface area contributed by atoms with Gasteiger partial charge >= 0.3 is 5.97 Å². The average Bonchev–Trinajstić information content (AvgIpc) is 3.39. The monoisotopic (exact) mass is 573 g/mol.